The first-order chi connectivity index (χ1) is 7.22. The van der Waals surface area contributed by atoms with Crippen LogP contribution in [-0.4, -0.2) is 19.0 Å². The summed E-state index contributed by atoms with van der Waals surface area (Å²) in [5.41, 5.74) is 0. The van der Waals surface area contributed by atoms with Gasteiger partial charge in [0.05, 0.1) is 6.10 Å². The highest BCUT2D eigenvalue weighted by atomic mass is 79.9. The maximum absolute atomic E-state index is 5.81. The lowest BCUT2D eigenvalue weighted by Crippen LogP contribution is -2.21. The molecule has 3 heteroatoms. The van der Waals surface area contributed by atoms with Crippen LogP contribution in [0.1, 0.15) is 46.0 Å². The normalized spacial score (nSPS) is 25.3. The molecule has 88 valence electrons. The zero-order valence-electron chi connectivity index (χ0n) is 9.67. The van der Waals surface area contributed by atoms with Gasteiger partial charge in [0.2, 0.25) is 0 Å². The van der Waals surface area contributed by atoms with E-state index in [4.69, 9.17) is 9.47 Å². The van der Waals surface area contributed by atoms with Crippen LogP contribution in [0.5, 0.6) is 0 Å². The van der Waals surface area contributed by atoms with Crippen LogP contribution in [0.3, 0.4) is 0 Å². The molecule has 0 bridgehead atoms. The lowest BCUT2D eigenvalue weighted by Gasteiger charge is -2.21. The summed E-state index contributed by atoms with van der Waals surface area (Å²) in [4.78, 5) is 0. The molecule has 1 aliphatic rings. The molecule has 2 unspecified atom stereocenters. The average molecular weight is 277 g/mol. The molecule has 0 saturated carbocycles. The Morgan fingerprint density at radius 3 is 3.00 bits per heavy atom. The van der Waals surface area contributed by atoms with Gasteiger partial charge in [-0.1, -0.05) is 28.8 Å². The van der Waals surface area contributed by atoms with Crippen LogP contribution in [0.4, 0.5) is 0 Å². The first kappa shape index (κ1) is 13.2. The molecule has 1 rings (SSSR count). The first-order valence-corrected chi connectivity index (χ1v) is 6.65. The summed E-state index contributed by atoms with van der Waals surface area (Å²) in [5, 5.41) is 0. The van der Waals surface area contributed by atoms with Crippen molar-refractivity contribution in [3.05, 3.63) is 10.6 Å². The molecule has 0 aromatic rings. The average Bonchev–Trinajstić information content (AvgIpc) is 2.13. The van der Waals surface area contributed by atoms with E-state index >= 15 is 0 Å². The van der Waals surface area contributed by atoms with Crippen molar-refractivity contribution in [2.45, 2.75) is 58.3 Å². The number of hydrogen-bond acceptors (Lipinski definition) is 2. The lowest BCUT2D eigenvalue weighted by molar-refractivity contribution is -0.147. The zero-order valence-corrected chi connectivity index (χ0v) is 11.3. The van der Waals surface area contributed by atoms with Gasteiger partial charge in [-0.2, -0.15) is 0 Å². The third kappa shape index (κ3) is 5.69. The molecular formula is C12H21BrO2. The zero-order chi connectivity index (χ0) is 11.1. The van der Waals surface area contributed by atoms with Crippen LogP contribution in [0, 0.1) is 0 Å². The van der Waals surface area contributed by atoms with Crippen LogP contribution in [0.2, 0.25) is 0 Å². The fourth-order valence-corrected chi connectivity index (χ4v) is 2.39. The second-order valence-corrected chi connectivity index (χ2v) is 4.93. The maximum Gasteiger partial charge on any atom is 0.155 e. The number of allylic oxidation sites excluding steroid dienone is 1. The van der Waals surface area contributed by atoms with Gasteiger partial charge in [0.15, 0.2) is 6.29 Å². The smallest absolute Gasteiger partial charge is 0.155 e. The number of ether oxygens (including phenoxy) is 2. The van der Waals surface area contributed by atoms with Crippen LogP contribution in [0.15, 0.2) is 10.6 Å². The quantitative estimate of drug-likeness (QED) is 0.723. The Morgan fingerprint density at radius 1 is 1.47 bits per heavy atom. The number of hydrogen-bond donors (Lipinski definition) is 0. The molecule has 0 N–H and O–H groups in total. The predicted molar refractivity (Wildman–Crippen MR) is 66.1 cm³/mol. The monoisotopic (exact) mass is 276 g/mol. The minimum atomic E-state index is -0.101. The fraction of sp³-hybridized carbons (Fsp3) is 0.833. The van der Waals surface area contributed by atoms with Gasteiger partial charge in [-0.15, -0.1) is 0 Å². The Kier molecular flexibility index (Phi) is 6.53. The third-order valence-electron chi connectivity index (χ3n) is 2.54. The topological polar surface area (TPSA) is 18.5 Å². The summed E-state index contributed by atoms with van der Waals surface area (Å²) >= 11 is 3.58. The molecule has 0 spiro atoms. The molecule has 0 radical (unpaired) electrons. The van der Waals surface area contributed by atoms with E-state index in [1.165, 1.54) is 23.7 Å². The Hall–Kier alpha value is 0.140. The second-order valence-electron chi connectivity index (χ2n) is 3.91. The van der Waals surface area contributed by atoms with Crippen molar-refractivity contribution in [2.24, 2.45) is 0 Å². The SMILES string of the molecule is CCOC(C)OC1C=C(Br)CCCCC1. The Balaban J connectivity index is 2.42. The molecule has 0 aromatic heterocycles. The van der Waals surface area contributed by atoms with Crippen molar-refractivity contribution >= 4 is 15.9 Å². The molecule has 0 aromatic carbocycles. The van der Waals surface area contributed by atoms with Crippen molar-refractivity contribution in [3.63, 3.8) is 0 Å². The van der Waals surface area contributed by atoms with Crippen molar-refractivity contribution in [2.75, 3.05) is 6.61 Å². The number of rotatable bonds is 4. The van der Waals surface area contributed by atoms with Gasteiger partial charge in [0.1, 0.15) is 0 Å². The summed E-state index contributed by atoms with van der Waals surface area (Å²) in [6.07, 6.45) is 8.37. The predicted octanol–water partition coefficient (Wildman–Crippen LogP) is 4.00. The standard InChI is InChI=1S/C12H21BrO2/c1-3-14-10(2)15-12-8-6-4-5-7-11(13)9-12/h9-10,12H,3-8H2,1-2H3. The van der Waals surface area contributed by atoms with Crippen LogP contribution in [0.25, 0.3) is 0 Å². The van der Waals surface area contributed by atoms with E-state index < -0.39 is 0 Å². The highest BCUT2D eigenvalue weighted by Gasteiger charge is 2.13. The lowest BCUT2D eigenvalue weighted by atomic mass is 10.0. The highest BCUT2D eigenvalue weighted by molar-refractivity contribution is 9.11. The molecular weight excluding hydrogens is 256 g/mol. The van der Waals surface area contributed by atoms with Gasteiger partial charge in [-0.3, -0.25) is 0 Å². The summed E-state index contributed by atoms with van der Waals surface area (Å²) in [6.45, 7) is 4.66. The van der Waals surface area contributed by atoms with Crippen molar-refractivity contribution < 1.29 is 9.47 Å². The Bertz CT molecular complexity index is 204. The second kappa shape index (κ2) is 7.42. The molecule has 0 amide bonds. The van der Waals surface area contributed by atoms with Crippen LogP contribution < -0.4 is 0 Å². The minimum absolute atomic E-state index is 0.101. The van der Waals surface area contributed by atoms with E-state index in [0.717, 1.165) is 12.8 Å². The first-order valence-electron chi connectivity index (χ1n) is 5.85. The molecule has 2 nitrogen and oxygen atoms in total. The van der Waals surface area contributed by atoms with Gasteiger partial charge >= 0.3 is 0 Å². The van der Waals surface area contributed by atoms with E-state index in [1.807, 2.05) is 13.8 Å². The van der Waals surface area contributed by atoms with Crippen molar-refractivity contribution in [1.29, 1.82) is 0 Å². The van der Waals surface area contributed by atoms with E-state index in [2.05, 4.69) is 22.0 Å². The minimum Gasteiger partial charge on any atom is -0.353 e. The summed E-state index contributed by atoms with van der Waals surface area (Å²) in [7, 11) is 0. The fourth-order valence-electron chi connectivity index (χ4n) is 1.81. The molecule has 2 atom stereocenters. The molecule has 0 heterocycles. The molecule has 1 aliphatic carbocycles. The number of halogens is 1. The third-order valence-corrected chi connectivity index (χ3v) is 3.20. The van der Waals surface area contributed by atoms with Crippen molar-refractivity contribution in [3.8, 4) is 0 Å². The van der Waals surface area contributed by atoms with E-state index in [1.54, 1.807) is 0 Å². The van der Waals surface area contributed by atoms with E-state index in [0.29, 0.717) is 6.61 Å². The molecule has 15 heavy (non-hydrogen) atoms. The van der Waals surface area contributed by atoms with Gasteiger partial charge in [-0.25, -0.2) is 0 Å². The van der Waals surface area contributed by atoms with E-state index in [9.17, 15) is 0 Å². The highest BCUT2D eigenvalue weighted by Crippen LogP contribution is 2.23. The molecule has 0 saturated heterocycles. The van der Waals surface area contributed by atoms with Gasteiger partial charge < -0.3 is 9.47 Å². The Labute approximate surface area is 101 Å². The van der Waals surface area contributed by atoms with Gasteiger partial charge in [0.25, 0.3) is 0 Å². The van der Waals surface area contributed by atoms with Crippen LogP contribution >= 0.6 is 15.9 Å². The van der Waals surface area contributed by atoms with Gasteiger partial charge in [-0.05, 0) is 43.7 Å². The summed E-state index contributed by atoms with van der Waals surface area (Å²) in [6, 6.07) is 0. The van der Waals surface area contributed by atoms with Crippen LogP contribution in [-0.2, 0) is 9.47 Å². The summed E-state index contributed by atoms with van der Waals surface area (Å²) < 4.78 is 12.5. The largest absolute Gasteiger partial charge is 0.353 e. The van der Waals surface area contributed by atoms with Gasteiger partial charge in [0, 0.05) is 6.61 Å². The summed E-state index contributed by atoms with van der Waals surface area (Å²) in [5.74, 6) is 0. The Morgan fingerprint density at radius 2 is 2.27 bits per heavy atom. The molecule has 0 fully saturated rings. The molecule has 0 aliphatic heterocycles. The van der Waals surface area contributed by atoms with E-state index in [-0.39, 0.29) is 12.4 Å². The van der Waals surface area contributed by atoms with Crippen molar-refractivity contribution in [1.82, 2.24) is 0 Å². The maximum atomic E-state index is 5.81.